The van der Waals surface area contributed by atoms with Crippen LogP contribution in [0.25, 0.3) is 0 Å². The largest absolute Gasteiger partial charge is 0.507 e. The highest BCUT2D eigenvalue weighted by molar-refractivity contribution is 5.93. The highest BCUT2D eigenvalue weighted by atomic mass is 16.5. The molecule has 4 heteroatoms. The molecule has 0 spiro atoms. The number of hydrogen-bond donors (Lipinski definition) is 2. The molecule has 1 aromatic carbocycles. The highest BCUT2D eigenvalue weighted by Gasteiger charge is 2.23. The Labute approximate surface area is 215 Å². The van der Waals surface area contributed by atoms with Gasteiger partial charge >= 0.3 is 5.97 Å². The number of benzene rings is 1. The number of aromatic hydroxyl groups is 2. The number of carbonyl (C=O) groups excluding carboxylic acids is 1. The summed E-state index contributed by atoms with van der Waals surface area (Å²) in [5, 5.41) is 21.4. The Morgan fingerprint density at radius 1 is 0.714 bits per heavy atom. The second kappa shape index (κ2) is 18.5. The SMILES string of the molecule is CCCCCCCCCCCCCCCCOC(=O)c1cc(CC(C)C)c(O)c(CC(C)C)c1O. The molecule has 0 aliphatic rings. The summed E-state index contributed by atoms with van der Waals surface area (Å²) in [7, 11) is 0. The lowest BCUT2D eigenvalue weighted by molar-refractivity contribution is 0.0494. The van der Waals surface area contributed by atoms with Crippen molar-refractivity contribution in [3.05, 3.63) is 22.8 Å². The number of unbranched alkanes of at least 4 members (excludes halogenated alkanes) is 13. The molecule has 0 saturated heterocycles. The molecule has 1 aromatic rings. The third-order valence-corrected chi connectivity index (χ3v) is 6.64. The van der Waals surface area contributed by atoms with Gasteiger partial charge in [0.05, 0.1) is 6.61 Å². The van der Waals surface area contributed by atoms with Crippen molar-refractivity contribution in [2.45, 2.75) is 137 Å². The van der Waals surface area contributed by atoms with Gasteiger partial charge < -0.3 is 14.9 Å². The van der Waals surface area contributed by atoms with Crippen molar-refractivity contribution in [3.63, 3.8) is 0 Å². The Hall–Kier alpha value is -1.71. The molecule has 4 nitrogen and oxygen atoms in total. The molecule has 202 valence electrons. The summed E-state index contributed by atoms with van der Waals surface area (Å²) in [6.07, 6.45) is 19.2. The Kier molecular flexibility index (Phi) is 16.6. The van der Waals surface area contributed by atoms with Crippen molar-refractivity contribution >= 4 is 5.97 Å². The first-order valence-corrected chi connectivity index (χ1v) is 14.5. The fourth-order valence-corrected chi connectivity index (χ4v) is 4.67. The van der Waals surface area contributed by atoms with Crippen molar-refractivity contribution in [2.24, 2.45) is 11.8 Å². The molecule has 0 saturated carbocycles. The lowest BCUT2D eigenvalue weighted by atomic mass is 9.92. The fraction of sp³-hybridized carbons (Fsp3) is 0.774. The average molecular weight is 491 g/mol. The Morgan fingerprint density at radius 2 is 1.17 bits per heavy atom. The zero-order valence-electron chi connectivity index (χ0n) is 23.5. The van der Waals surface area contributed by atoms with E-state index in [9.17, 15) is 15.0 Å². The minimum absolute atomic E-state index is 0.119. The van der Waals surface area contributed by atoms with Crippen LogP contribution < -0.4 is 0 Å². The minimum atomic E-state index is -0.493. The lowest BCUT2D eigenvalue weighted by Crippen LogP contribution is -2.10. The molecule has 0 aliphatic heterocycles. The average Bonchev–Trinajstić information content (AvgIpc) is 2.80. The van der Waals surface area contributed by atoms with Crippen molar-refractivity contribution < 1.29 is 19.7 Å². The van der Waals surface area contributed by atoms with Crippen LogP contribution in [0.5, 0.6) is 11.5 Å². The third kappa shape index (κ3) is 13.2. The maximum absolute atomic E-state index is 12.7. The van der Waals surface area contributed by atoms with Crippen molar-refractivity contribution in [2.75, 3.05) is 6.61 Å². The normalized spacial score (nSPS) is 11.5. The van der Waals surface area contributed by atoms with E-state index in [1.807, 2.05) is 13.8 Å². The molecule has 2 N–H and O–H groups in total. The van der Waals surface area contributed by atoms with E-state index >= 15 is 0 Å². The van der Waals surface area contributed by atoms with Gasteiger partial charge in [-0.2, -0.15) is 0 Å². The molecule has 0 unspecified atom stereocenters. The predicted molar refractivity (Wildman–Crippen MR) is 147 cm³/mol. The Bertz CT molecular complexity index is 708. The Balaban J connectivity index is 2.32. The second-order valence-corrected chi connectivity index (χ2v) is 11.2. The first kappa shape index (κ1) is 31.3. The van der Waals surface area contributed by atoms with Crippen molar-refractivity contribution in [1.82, 2.24) is 0 Å². The molecule has 0 aliphatic carbocycles. The quantitative estimate of drug-likeness (QED) is 0.141. The summed E-state index contributed by atoms with van der Waals surface area (Å²) in [4.78, 5) is 12.7. The first-order valence-electron chi connectivity index (χ1n) is 14.5. The molecule has 35 heavy (non-hydrogen) atoms. The van der Waals surface area contributed by atoms with Crippen LogP contribution in [-0.4, -0.2) is 22.8 Å². The van der Waals surface area contributed by atoms with Gasteiger partial charge in [-0.05, 0) is 42.7 Å². The van der Waals surface area contributed by atoms with E-state index < -0.39 is 5.97 Å². The van der Waals surface area contributed by atoms with Gasteiger partial charge in [0.2, 0.25) is 0 Å². The van der Waals surface area contributed by atoms with Crippen LogP contribution >= 0.6 is 0 Å². The van der Waals surface area contributed by atoms with Crippen LogP contribution in [0.15, 0.2) is 6.07 Å². The monoisotopic (exact) mass is 490 g/mol. The van der Waals surface area contributed by atoms with E-state index in [4.69, 9.17) is 4.74 Å². The zero-order valence-corrected chi connectivity index (χ0v) is 23.5. The van der Waals surface area contributed by atoms with E-state index in [1.165, 1.54) is 77.0 Å². The van der Waals surface area contributed by atoms with Crippen LogP contribution in [0, 0.1) is 11.8 Å². The maximum Gasteiger partial charge on any atom is 0.341 e. The van der Waals surface area contributed by atoms with Gasteiger partial charge in [-0.3, -0.25) is 0 Å². The number of ether oxygens (including phenoxy) is 1. The lowest BCUT2D eigenvalue weighted by Gasteiger charge is -2.18. The summed E-state index contributed by atoms with van der Waals surface area (Å²) in [5.74, 6) is 0.0765. The highest BCUT2D eigenvalue weighted by Crippen LogP contribution is 2.37. The molecule has 0 aromatic heterocycles. The first-order chi connectivity index (χ1) is 16.8. The predicted octanol–water partition coefficient (Wildman–Crippen LogP) is 9.13. The zero-order chi connectivity index (χ0) is 26.1. The molecular weight excluding hydrogens is 436 g/mol. The van der Waals surface area contributed by atoms with Crippen molar-refractivity contribution in [3.8, 4) is 11.5 Å². The van der Waals surface area contributed by atoms with Gasteiger partial charge in [0.15, 0.2) is 0 Å². The van der Waals surface area contributed by atoms with Crippen LogP contribution in [-0.2, 0) is 17.6 Å². The molecular formula is C31H54O4. The molecule has 0 heterocycles. The number of phenols is 2. The standard InChI is InChI=1S/C31H54O4/c1-6-7-8-9-10-11-12-13-14-15-16-17-18-19-20-35-31(34)28-23-26(21-24(2)3)29(32)27(30(28)33)22-25(4)5/h23-25,32-33H,6-22H2,1-5H3. The van der Waals surface area contributed by atoms with E-state index in [-0.39, 0.29) is 23.0 Å². The smallest absolute Gasteiger partial charge is 0.341 e. The van der Waals surface area contributed by atoms with Crippen LogP contribution in [0.1, 0.15) is 146 Å². The van der Waals surface area contributed by atoms with Crippen LogP contribution in [0.2, 0.25) is 0 Å². The van der Waals surface area contributed by atoms with Gasteiger partial charge in [0, 0.05) is 5.56 Å². The van der Waals surface area contributed by atoms with Crippen LogP contribution in [0.3, 0.4) is 0 Å². The molecule has 0 fully saturated rings. The van der Waals surface area contributed by atoms with Gasteiger partial charge in [-0.25, -0.2) is 4.79 Å². The van der Waals surface area contributed by atoms with Crippen molar-refractivity contribution in [1.29, 1.82) is 0 Å². The number of esters is 1. The topological polar surface area (TPSA) is 66.8 Å². The van der Waals surface area contributed by atoms with E-state index in [2.05, 4.69) is 20.8 Å². The summed E-state index contributed by atoms with van der Waals surface area (Å²) in [6, 6.07) is 1.61. The maximum atomic E-state index is 12.7. The Morgan fingerprint density at radius 3 is 1.63 bits per heavy atom. The van der Waals surface area contributed by atoms with E-state index in [1.54, 1.807) is 6.07 Å². The second-order valence-electron chi connectivity index (χ2n) is 11.2. The van der Waals surface area contributed by atoms with Crippen LogP contribution in [0.4, 0.5) is 0 Å². The fourth-order valence-electron chi connectivity index (χ4n) is 4.67. The minimum Gasteiger partial charge on any atom is -0.507 e. The number of rotatable bonds is 20. The third-order valence-electron chi connectivity index (χ3n) is 6.64. The molecule has 1 rings (SSSR count). The molecule has 0 amide bonds. The summed E-state index contributed by atoms with van der Waals surface area (Å²) in [6.45, 7) is 10.8. The van der Waals surface area contributed by atoms with Gasteiger partial charge in [-0.15, -0.1) is 0 Å². The molecule has 0 radical (unpaired) electrons. The van der Waals surface area contributed by atoms with Gasteiger partial charge in [0.25, 0.3) is 0 Å². The molecule has 0 atom stereocenters. The van der Waals surface area contributed by atoms with Gasteiger partial charge in [-0.1, -0.05) is 118 Å². The number of carbonyl (C=O) groups is 1. The molecule has 0 bridgehead atoms. The van der Waals surface area contributed by atoms with Gasteiger partial charge in [0.1, 0.15) is 17.1 Å². The summed E-state index contributed by atoms with van der Waals surface area (Å²) >= 11 is 0. The van der Waals surface area contributed by atoms with E-state index in [0.29, 0.717) is 36.5 Å². The number of hydrogen-bond acceptors (Lipinski definition) is 4. The summed E-state index contributed by atoms with van der Waals surface area (Å²) in [5.41, 5.74) is 1.35. The van der Waals surface area contributed by atoms with E-state index in [0.717, 1.165) is 12.8 Å². The number of phenolic OH excluding ortho intramolecular Hbond substituents is 2. The summed E-state index contributed by atoms with van der Waals surface area (Å²) < 4.78 is 5.50.